The minimum absolute atomic E-state index is 0.246. The number of carboxylic acids is 1. The Kier molecular flexibility index (Phi) is 9.25. The van der Waals surface area contributed by atoms with Crippen molar-refractivity contribution in [2.45, 2.75) is 44.2 Å². The van der Waals surface area contributed by atoms with Crippen LogP contribution in [0, 0.1) is 0 Å². The Labute approximate surface area is 204 Å². The number of carbonyl (C=O) groups is 3. The summed E-state index contributed by atoms with van der Waals surface area (Å²) < 4.78 is 0. The van der Waals surface area contributed by atoms with Crippen molar-refractivity contribution in [1.29, 1.82) is 0 Å². The average Bonchev–Trinajstić information content (AvgIpc) is 3.26. The highest BCUT2D eigenvalue weighted by Gasteiger charge is 2.22. The van der Waals surface area contributed by atoms with Gasteiger partial charge in [-0.15, -0.1) is 0 Å². The molecule has 35 heavy (non-hydrogen) atoms. The van der Waals surface area contributed by atoms with E-state index in [1.807, 2.05) is 54.6 Å². The van der Waals surface area contributed by atoms with E-state index in [0.717, 1.165) is 48.0 Å². The highest BCUT2D eigenvalue weighted by molar-refractivity contribution is 5.86. The number of likely N-dealkylation sites (tertiary alicyclic amines) is 1. The molecule has 9 heteroatoms. The molecule has 4 rings (SSSR count). The first-order valence-corrected chi connectivity index (χ1v) is 11.7. The summed E-state index contributed by atoms with van der Waals surface area (Å²) in [6.07, 6.45) is 4.66. The van der Waals surface area contributed by atoms with Gasteiger partial charge in [0, 0.05) is 49.1 Å². The molecule has 1 atom stereocenters. The van der Waals surface area contributed by atoms with Crippen LogP contribution in [0.4, 0.5) is 4.79 Å². The van der Waals surface area contributed by atoms with Crippen LogP contribution in [-0.2, 0) is 22.4 Å². The van der Waals surface area contributed by atoms with Gasteiger partial charge in [0.15, 0.2) is 0 Å². The summed E-state index contributed by atoms with van der Waals surface area (Å²) in [5.74, 6) is -1.28. The summed E-state index contributed by atoms with van der Waals surface area (Å²) in [6.45, 7) is 1.44. The lowest BCUT2D eigenvalue weighted by Crippen LogP contribution is -2.45. The van der Waals surface area contributed by atoms with Gasteiger partial charge < -0.3 is 31.8 Å². The van der Waals surface area contributed by atoms with Gasteiger partial charge in [-0.1, -0.05) is 48.5 Å². The Morgan fingerprint density at radius 3 is 2.37 bits per heavy atom. The lowest BCUT2D eigenvalue weighted by atomic mass is 10.0. The third-order valence-electron chi connectivity index (χ3n) is 6.07. The zero-order chi connectivity index (χ0) is 25.2. The molecule has 1 fully saturated rings. The van der Waals surface area contributed by atoms with Gasteiger partial charge in [-0.25, -0.2) is 9.59 Å². The molecule has 3 amide bonds. The summed E-state index contributed by atoms with van der Waals surface area (Å²) in [7, 11) is 0. The molecule has 9 nitrogen and oxygen atoms in total. The minimum Gasteiger partial charge on any atom is -0.480 e. The van der Waals surface area contributed by atoms with Gasteiger partial charge in [0.25, 0.3) is 0 Å². The van der Waals surface area contributed by atoms with Crippen LogP contribution in [0.25, 0.3) is 10.9 Å². The quantitative estimate of drug-likeness (QED) is 0.352. The predicted octanol–water partition coefficient (Wildman–Crippen LogP) is 2.40. The van der Waals surface area contributed by atoms with Crippen molar-refractivity contribution in [2.24, 2.45) is 11.5 Å². The van der Waals surface area contributed by atoms with Crippen LogP contribution in [0.2, 0.25) is 0 Å². The molecule has 0 saturated carbocycles. The average molecular weight is 480 g/mol. The summed E-state index contributed by atoms with van der Waals surface area (Å²) in [5, 5.41) is 13.1. The van der Waals surface area contributed by atoms with Gasteiger partial charge in [0.2, 0.25) is 5.91 Å². The standard InChI is InChI=1S/C20H20N2O3.C6H13N3O/c23-19(11-10-14-6-2-1-3-7-14)22-18(20(24)25)12-15-13-21-17-9-5-4-8-16(15)17;7-5-1-3-9(4-2-5)6(8)10/h1-9,13,18,21H,10-12H2,(H,22,23)(H,24,25);5H,1-4,7H2,(H2,8,10)/t18-;/m1./s1. The van der Waals surface area contributed by atoms with Crippen LogP contribution >= 0.6 is 0 Å². The van der Waals surface area contributed by atoms with Gasteiger partial charge in [0.1, 0.15) is 6.04 Å². The number of nitrogens with one attached hydrogen (secondary N) is 2. The number of aromatic amines is 1. The monoisotopic (exact) mass is 479 g/mol. The van der Waals surface area contributed by atoms with Crippen molar-refractivity contribution in [2.75, 3.05) is 13.1 Å². The van der Waals surface area contributed by atoms with Gasteiger partial charge in [-0.3, -0.25) is 4.79 Å². The number of hydrogen-bond donors (Lipinski definition) is 5. The minimum atomic E-state index is -1.03. The van der Waals surface area contributed by atoms with E-state index in [1.165, 1.54) is 0 Å². The molecule has 0 spiro atoms. The lowest BCUT2D eigenvalue weighted by molar-refractivity contribution is -0.141. The number of aromatic nitrogens is 1. The SMILES string of the molecule is NC(=O)N1CCC(N)CC1.O=C(CCc1ccccc1)N[C@H](Cc1c[nH]c2ccccc12)C(=O)O. The first-order chi connectivity index (χ1) is 16.8. The van der Waals surface area contributed by atoms with Crippen molar-refractivity contribution >= 4 is 28.8 Å². The topological polar surface area (TPSA) is 155 Å². The first-order valence-electron chi connectivity index (χ1n) is 11.7. The smallest absolute Gasteiger partial charge is 0.326 e. The van der Waals surface area contributed by atoms with Crippen molar-refractivity contribution in [1.82, 2.24) is 15.2 Å². The normalized spacial score (nSPS) is 14.6. The molecule has 1 aromatic heterocycles. The van der Waals surface area contributed by atoms with E-state index in [-0.39, 0.29) is 30.8 Å². The number of carbonyl (C=O) groups excluding carboxylic acids is 2. The summed E-state index contributed by atoms with van der Waals surface area (Å²) in [6, 6.07) is 16.4. The molecule has 186 valence electrons. The molecule has 1 saturated heterocycles. The van der Waals surface area contributed by atoms with Crippen molar-refractivity contribution in [3.8, 4) is 0 Å². The molecular formula is C26H33N5O4. The molecule has 2 heterocycles. The Morgan fingerprint density at radius 1 is 1.06 bits per heavy atom. The van der Waals surface area contributed by atoms with E-state index in [4.69, 9.17) is 11.5 Å². The third-order valence-corrected chi connectivity index (χ3v) is 6.07. The van der Waals surface area contributed by atoms with E-state index in [0.29, 0.717) is 6.42 Å². The number of hydrogen-bond acceptors (Lipinski definition) is 4. The Hall–Kier alpha value is -3.85. The number of primary amides is 1. The zero-order valence-corrected chi connectivity index (χ0v) is 19.7. The van der Waals surface area contributed by atoms with Gasteiger partial charge in [0.05, 0.1) is 0 Å². The second-order valence-electron chi connectivity index (χ2n) is 8.67. The first kappa shape index (κ1) is 25.8. The number of nitrogens with zero attached hydrogens (tertiary/aromatic N) is 1. The Bertz CT molecular complexity index is 1120. The molecule has 0 aliphatic carbocycles. The van der Waals surface area contributed by atoms with Crippen molar-refractivity contribution < 1.29 is 19.5 Å². The number of benzene rings is 2. The van der Waals surface area contributed by atoms with Crippen LogP contribution < -0.4 is 16.8 Å². The lowest BCUT2D eigenvalue weighted by Gasteiger charge is -2.28. The van der Waals surface area contributed by atoms with Crippen LogP contribution in [-0.4, -0.2) is 58.1 Å². The number of para-hydroxylation sites is 1. The Balaban J connectivity index is 0.000000287. The third kappa shape index (κ3) is 7.86. The Morgan fingerprint density at radius 2 is 1.71 bits per heavy atom. The fourth-order valence-corrected chi connectivity index (χ4v) is 4.01. The number of amides is 3. The maximum atomic E-state index is 12.1. The number of rotatable bonds is 7. The largest absolute Gasteiger partial charge is 0.480 e. The second kappa shape index (κ2) is 12.6. The molecule has 0 radical (unpaired) electrons. The molecule has 1 aliphatic rings. The number of urea groups is 1. The summed E-state index contributed by atoms with van der Waals surface area (Å²) in [4.78, 5) is 39.0. The highest BCUT2D eigenvalue weighted by atomic mass is 16.4. The number of piperidine rings is 1. The van der Waals surface area contributed by atoms with Crippen molar-refractivity contribution in [3.63, 3.8) is 0 Å². The van der Waals surface area contributed by atoms with Gasteiger partial charge in [-0.05, 0) is 36.5 Å². The van der Waals surface area contributed by atoms with E-state index >= 15 is 0 Å². The van der Waals surface area contributed by atoms with E-state index in [9.17, 15) is 19.5 Å². The summed E-state index contributed by atoms with van der Waals surface area (Å²) >= 11 is 0. The van der Waals surface area contributed by atoms with Crippen molar-refractivity contribution in [3.05, 3.63) is 71.9 Å². The fraction of sp³-hybridized carbons (Fsp3) is 0.346. The molecular weight excluding hydrogens is 446 g/mol. The fourth-order valence-electron chi connectivity index (χ4n) is 4.01. The van der Waals surface area contributed by atoms with Gasteiger partial charge in [-0.2, -0.15) is 0 Å². The number of carboxylic acid groups (broad SMARTS) is 1. The number of nitrogens with two attached hydrogens (primary N) is 2. The molecule has 3 aromatic rings. The maximum absolute atomic E-state index is 12.1. The summed E-state index contributed by atoms with van der Waals surface area (Å²) in [5.41, 5.74) is 13.6. The maximum Gasteiger partial charge on any atom is 0.326 e. The molecule has 0 unspecified atom stereocenters. The molecule has 7 N–H and O–H groups in total. The predicted molar refractivity (Wildman–Crippen MR) is 135 cm³/mol. The zero-order valence-electron chi connectivity index (χ0n) is 19.7. The van der Waals surface area contributed by atoms with Crippen LogP contribution in [0.3, 0.4) is 0 Å². The van der Waals surface area contributed by atoms with Crippen LogP contribution in [0.1, 0.15) is 30.4 Å². The number of H-pyrrole nitrogens is 1. The second-order valence-corrected chi connectivity index (χ2v) is 8.67. The molecule has 0 bridgehead atoms. The number of aliphatic carboxylic acids is 1. The molecule has 1 aliphatic heterocycles. The van der Waals surface area contributed by atoms with Crippen LogP contribution in [0.15, 0.2) is 60.8 Å². The van der Waals surface area contributed by atoms with Gasteiger partial charge >= 0.3 is 12.0 Å². The number of aryl methyl sites for hydroxylation is 1. The van der Waals surface area contributed by atoms with E-state index in [2.05, 4.69) is 10.3 Å². The highest BCUT2D eigenvalue weighted by Crippen LogP contribution is 2.19. The van der Waals surface area contributed by atoms with Crippen LogP contribution in [0.5, 0.6) is 0 Å². The number of fused-ring (bicyclic) bond motifs is 1. The molecule has 2 aromatic carbocycles. The van der Waals surface area contributed by atoms with E-state index < -0.39 is 12.0 Å². The van der Waals surface area contributed by atoms with E-state index in [1.54, 1.807) is 11.1 Å².